The summed E-state index contributed by atoms with van der Waals surface area (Å²) in [5.74, 6) is 0. The van der Waals surface area contributed by atoms with Crippen LogP contribution in [0.1, 0.15) is 5.56 Å². The van der Waals surface area contributed by atoms with Gasteiger partial charge in [0.05, 0.1) is 0 Å². The summed E-state index contributed by atoms with van der Waals surface area (Å²) in [4.78, 5) is 4.07. The number of fused-ring (bicyclic) bond motifs is 1. The van der Waals surface area contributed by atoms with Gasteiger partial charge in [-0.25, -0.2) is 4.98 Å². The van der Waals surface area contributed by atoms with Gasteiger partial charge in [0.25, 0.3) is 0 Å². The summed E-state index contributed by atoms with van der Waals surface area (Å²) < 4.78 is 5.23. The zero-order chi connectivity index (χ0) is 10.5. The van der Waals surface area contributed by atoms with Gasteiger partial charge in [0, 0.05) is 19.6 Å². The second-order valence-electron chi connectivity index (χ2n) is 3.43. The van der Waals surface area contributed by atoms with Crippen molar-refractivity contribution in [3.8, 4) is 0 Å². The zero-order valence-corrected chi connectivity index (χ0v) is 8.79. The Morgan fingerprint density at radius 2 is 2.27 bits per heavy atom. The van der Waals surface area contributed by atoms with Crippen LogP contribution >= 0.6 is 0 Å². The van der Waals surface area contributed by atoms with Crippen molar-refractivity contribution in [3.05, 3.63) is 30.2 Å². The lowest BCUT2D eigenvalue weighted by molar-refractivity contribution is 0.600. The summed E-state index contributed by atoms with van der Waals surface area (Å²) in [6, 6.07) is 6.07. The molecule has 0 bridgehead atoms. The fourth-order valence-corrected chi connectivity index (χ4v) is 1.46. The number of aromatic nitrogens is 1. The van der Waals surface area contributed by atoms with E-state index in [1.165, 1.54) is 12.0 Å². The van der Waals surface area contributed by atoms with Crippen LogP contribution < -0.4 is 10.6 Å². The number of nitrogens with one attached hydrogen (secondary N) is 2. The van der Waals surface area contributed by atoms with Crippen LogP contribution in [0.3, 0.4) is 0 Å². The first-order chi connectivity index (χ1) is 7.40. The van der Waals surface area contributed by atoms with Crippen molar-refractivity contribution < 1.29 is 4.42 Å². The van der Waals surface area contributed by atoms with E-state index in [-0.39, 0.29) is 0 Å². The summed E-state index contributed by atoms with van der Waals surface area (Å²) in [7, 11) is 1.95. The second kappa shape index (κ2) is 4.91. The monoisotopic (exact) mass is 205 g/mol. The number of rotatable bonds is 5. The Hall–Kier alpha value is -1.39. The van der Waals surface area contributed by atoms with E-state index in [9.17, 15) is 0 Å². The lowest BCUT2D eigenvalue weighted by Crippen LogP contribution is -2.24. The predicted octanol–water partition coefficient (Wildman–Crippen LogP) is 1.14. The molecule has 80 valence electrons. The fourth-order valence-electron chi connectivity index (χ4n) is 1.46. The molecule has 4 nitrogen and oxygen atoms in total. The molecule has 2 N–H and O–H groups in total. The number of likely N-dealkylation sites (N-methyl/N-ethyl adjacent to an activating group) is 1. The lowest BCUT2D eigenvalue weighted by atomic mass is 10.2. The summed E-state index contributed by atoms with van der Waals surface area (Å²) in [5, 5.41) is 6.42. The third-order valence-electron chi connectivity index (χ3n) is 2.28. The fraction of sp³-hybridized carbons (Fsp3) is 0.364. The van der Waals surface area contributed by atoms with Gasteiger partial charge in [-0.2, -0.15) is 0 Å². The maximum atomic E-state index is 5.23. The number of oxazole rings is 1. The molecule has 0 amide bonds. The largest absolute Gasteiger partial charge is 0.443 e. The number of benzene rings is 1. The van der Waals surface area contributed by atoms with Gasteiger partial charge >= 0.3 is 0 Å². The first kappa shape index (κ1) is 10.1. The Balaban J connectivity index is 1.96. The highest BCUT2D eigenvalue weighted by Gasteiger charge is 1.99. The van der Waals surface area contributed by atoms with Gasteiger partial charge in [0.1, 0.15) is 5.52 Å². The highest BCUT2D eigenvalue weighted by molar-refractivity contribution is 5.72. The summed E-state index contributed by atoms with van der Waals surface area (Å²) in [6.45, 7) is 2.80. The van der Waals surface area contributed by atoms with E-state index in [2.05, 4.69) is 21.7 Å². The van der Waals surface area contributed by atoms with Gasteiger partial charge in [-0.1, -0.05) is 6.07 Å². The van der Waals surface area contributed by atoms with Crippen molar-refractivity contribution in [1.29, 1.82) is 0 Å². The lowest BCUT2D eigenvalue weighted by Gasteiger charge is -2.03. The summed E-state index contributed by atoms with van der Waals surface area (Å²) in [5.41, 5.74) is 2.98. The third-order valence-corrected chi connectivity index (χ3v) is 2.28. The van der Waals surface area contributed by atoms with E-state index in [0.29, 0.717) is 0 Å². The van der Waals surface area contributed by atoms with Crippen molar-refractivity contribution in [2.45, 2.75) is 6.54 Å². The van der Waals surface area contributed by atoms with Gasteiger partial charge in [0.15, 0.2) is 12.0 Å². The smallest absolute Gasteiger partial charge is 0.181 e. The van der Waals surface area contributed by atoms with Gasteiger partial charge in [-0.15, -0.1) is 0 Å². The Morgan fingerprint density at radius 3 is 3.13 bits per heavy atom. The molecule has 2 rings (SSSR count). The molecule has 2 aromatic rings. The molecule has 1 aromatic carbocycles. The zero-order valence-electron chi connectivity index (χ0n) is 8.79. The normalized spacial score (nSPS) is 11.0. The molecule has 0 aliphatic carbocycles. The van der Waals surface area contributed by atoms with Crippen LogP contribution in [0.4, 0.5) is 0 Å². The second-order valence-corrected chi connectivity index (χ2v) is 3.43. The minimum atomic E-state index is 0.850. The molecule has 0 fully saturated rings. The van der Waals surface area contributed by atoms with Gasteiger partial charge in [0.2, 0.25) is 0 Å². The average Bonchev–Trinajstić information content (AvgIpc) is 2.71. The maximum Gasteiger partial charge on any atom is 0.181 e. The minimum Gasteiger partial charge on any atom is -0.443 e. The molecule has 15 heavy (non-hydrogen) atoms. The quantitative estimate of drug-likeness (QED) is 0.719. The van der Waals surface area contributed by atoms with Gasteiger partial charge < -0.3 is 15.1 Å². The Labute approximate surface area is 88.7 Å². The van der Waals surface area contributed by atoms with Crippen molar-refractivity contribution >= 4 is 11.1 Å². The van der Waals surface area contributed by atoms with E-state index in [0.717, 1.165) is 30.7 Å². The highest BCUT2D eigenvalue weighted by Crippen LogP contribution is 2.13. The van der Waals surface area contributed by atoms with E-state index in [4.69, 9.17) is 4.42 Å². The van der Waals surface area contributed by atoms with Crippen LogP contribution in [0.2, 0.25) is 0 Å². The van der Waals surface area contributed by atoms with Crippen LogP contribution in [0.25, 0.3) is 11.1 Å². The molecule has 0 aliphatic rings. The third kappa shape index (κ3) is 2.55. The number of hydrogen-bond acceptors (Lipinski definition) is 4. The molecular formula is C11H15N3O. The Kier molecular flexibility index (Phi) is 3.32. The molecule has 0 aliphatic heterocycles. The minimum absolute atomic E-state index is 0.850. The van der Waals surface area contributed by atoms with Crippen LogP contribution in [0, 0.1) is 0 Å². The molecule has 0 spiro atoms. The highest BCUT2D eigenvalue weighted by atomic mass is 16.3. The maximum absolute atomic E-state index is 5.23. The van der Waals surface area contributed by atoms with E-state index in [1.807, 2.05) is 19.2 Å². The number of hydrogen-bond donors (Lipinski definition) is 2. The van der Waals surface area contributed by atoms with Crippen LogP contribution in [-0.4, -0.2) is 25.1 Å². The average molecular weight is 205 g/mol. The molecule has 0 saturated carbocycles. The number of nitrogens with zero attached hydrogens (tertiary/aromatic N) is 1. The van der Waals surface area contributed by atoms with Crippen molar-refractivity contribution in [2.75, 3.05) is 20.1 Å². The van der Waals surface area contributed by atoms with E-state index < -0.39 is 0 Å². The SMILES string of the molecule is CNCCNCc1ccc2ncoc2c1. The molecule has 1 heterocycles. The molecule has 4 heteroatoms. The topological polar surface area (TPSA) is 50.1 Å². The first-order valence-electron chi connectivity index (χ1n) is 5.07. The van der Waals surface area contributed by atoms with Gasteiger partial charge in [-0.3, -0.25) is 0 Å². The van der Waals surface area contributed by atoms with Crippen molar-refractivity contribution in [1.82, 2.24) is 15.6 Å². The van der Waals surface area contributed by atoms with E-state index in [1.54, 1.807) is 0 Å². The van der Waals surface area contributed by atoms with Crippen LogP contribution in [-0.2, 0) is 6.54 Å². The Morgan fingerprint density at radius 1 is 1.33 bits per heavy atom. The molecule has 0 radical (unpaired) electrons. The van der Waals surface area contributed by atoms with Crippen LogP contribution in [0.15, 0.2) is 29.0 Å². The Bertz CT molecular complexity index is 424. The predicted molar refractivity (Wildman–Crippen MR) is 59.6 cm³/mol. The molecule has 1 aromatic heterocycles. The van der Waals surface area contributed by atoms with E-state index >= 15 is 0 Å². The standard InChI is InChI=1S/C11H15N3O/c1-12-4-5-13-7-9-2-3-10-11(6-9)15-8-14-10/h2-3,6,8,12-13H,4-5,7H2,1H3. The first-order valence-corrected chi connectivity index (χ1v) is 5.07. The molecule has 0 atom stereocenters. The summed E-state index contributed by atoms with van der Waals surface area (Å²) in [6.07, 6.45) is 1.48. The molecule has 0 unspecified atom stereocenters. The molecule has 0 saturated heterocycles. The molecular weight excluding hydrogens is 190 g/mol. The van der Waals surface area contributed by atoms with Gasteiger partial charge in [-0.05, 0) is 24.7 Å². The van der Waals surface area contributed by atoms with Crippen molar-refractivity contribution in [3.63, 3.8) is 0 Å². The summed E-state index contributed by atoms with van der Waals surface area (Å²) >= 11 is 0. The van der Waals surface area contributed by atoms with Crippen LogP contribution in [0.5, 0.6) is 0 Å². The van der Waals surface area contributed by atoms with Crippen molar-refractivity contribution in [2.24, 2.45) is 0 Å².